The molecule has 3 N–H and O–H groups in total. The number of carbonyl (C=O) groups is 1. The van der Waals surface area contributed by atoms with Gasteiger partial charge in [-0.05, 0) is 48.2 Å². The first kappa shape index (κ1) is 14.4. The predicted molar refractivity (Wildman–Crippen MR) is 90.3 cm³/mol. The first-order chi connectivity index (χ1) is 10.6. The molecule has 0 aliphatic heterocycles. The van der Waals surface area contributed by atoms with Gasteiger partial charge in [0, 0.05) is 28.0 Å². The van der Waals surface area contributed by atoms with Gasteiger partial charge in [0.25, 0.3) is 5.91 Å². The van der Waals surface area contributed by atoms with Crippen molar-refractivity contribution < 1.29 is 4.79 Å². The van der Waals surface area contributed by atoms with Crippen molar-refractivity contribution in [1.29, 1.82) is 0 Å². The molecule has 4 nitrogen and oxygen atoms in total. The predicted octanol–water partition coefficient (Wildman–Crippen LogP) is 4.03. The van der Waals surface area contributed by atoms with Crippen LogP contribution in [0.3, 0.4) is 0 Å². The van der Waals surface area contributed by atoms with Crippen LogP contribution in [-0.4, -0.2) is 10.9 Å². The van der Waals surface area contributed by atoms with Crippen LogP contribution in [-0.2, 0) is 0 Å². The van der Waals surface area contributed by atoms with Crippen LogP contribution in [0.5, 0.6) is 0 Å². The minimum atomic E-state index is -0.297. The highest BCUT2D eigenvalue weighted by Crippen LogP contribution is 2.25. The molecule has 22 heavy (non-hydrogen) atoms. The number of aryl methyl sites for hydroxylation is 1. The molecule has 0 radical (unpaired) electrons. The van der Waals surface area contributed by atoms with E-state index in [2.05, 4.69) is 10.3 Å². The molecule has 5 heteroatoms. The fourth-order valence-corrected chi connectivity index (χ4v) is 2.61. The van der Waals surface area contributed by atoms with Gasteiger partial charge in [0.1, 0.15) is 5.69 Å². The molecule has 0 fully saturated rings. The maximum atomic E-state index is 12.6. The molecule has 0 saturated carbocycles. The van der Waals surface area contributed by atoms with Crippen LogP contribution in [0, 0.1) is 6.92 Å². The van der Waals surface area contributed by atoms with Gasteiger partial charge in [-0.2, -0.15) is 0 Å². The van der Waals surface area contributed by atoms with E-state index in [4.69, 9.17) is 17.3 Å². The summed E-state index contributed by atoms with van der Waals surface area (Å²) in [5.74, 6) is -0.297. The first-order valence-corrected chi connectivity index (χ1v) is 7.15. The van der Waals surface area contributed by atoms with Crippen molar-refractivity contribution in [2.45, 2.75) is 6.92 Å². The van der Waals surface area contributed by atoms with Gasteiger partial charge in [-0.1, -0.05) is 23.7 Å². The number of nitrogens with zero attached hydrogens (tertiary/aromatic N) is 1. The van der Waals surface area contributed by atoms with E-state index in [1.807, 2.05) is 25.1 Å². The molecule has 1 heterocycles. The number of aromatic nitrogens is 1. The third-order valence-electron chi connectivity index (χ3n) is 3.48. The molecule has 0 saturated heterocycles. The van der Waals surface area contributed by atoms with E-state index in [-0.39, 0.29) is 5.91 Å². The molecule has 2 aromatic carbocycles. The van der Waals surface area contributed by atoms with E-state index in [0.29, 0.717) is 27.5 Å². The number of rotatable bonds is 2. The number of benzene rings is 2. The van der Waals surface area contributed by atoms with Crippen molar-refractivity contribution in [2.75, 3.05) is 11.1 Å². The lowest BCUT2D eigenvalue weighted by Crippen LogP contribution is -2.15. The number of nitrogen functional groups attached to an aromatic ring is 1. The van der Waals surface area contributed by atoms with Crippen LogP contribution in [0.2, 0.25) is 5.02 Å². The fourth-order valence-electron chi connectivity index (χ4n) is 2.38. The van der Waals surface area contributed by atoms with E-state index < -0.39 is 0 Å². The largest absolute Gasteiger partial charge is 0.398 e. The number of hydrogen-bond acceptors (Lipinski definition) is 3. The van der Waals surface area contributed by atoms with E-state index in [1.165, 1.54) is 0 Å². The zero-order chi connectivity index (χ0) is 15.7. The number of halogens is 1. The second-order valence-electron chi connectivity index (χ2n) is 5.02. The molecule has 3 rings (SSSR count). The molecule has 0 aliphatic rings. The summed E-state index contributed by atoms with van der Waals surface area (Å²) in [4.78, 5) is 16.7. The molecule has 0 atom stereocenters. The maximum Gasteiger partial charge on any atom is 0.274 e. The smallest absolute Gasteiger partial charge is 0.274 e. The van der Waals surface area contributed by atoms with Crippen LogP contribution in [0.25, 0.3) is 10.8 Å². The number of pyridine rings is 1. The average Bonchev–Trinajstić information content (AvgIpc) is 2.50. The third kappa shape index (κ3) is 2.61. The van der Waals surface area contributed by atoms with Crippen molar-refractivity contribution in [3.8, 4) is 0 Å². The van der Waals surface area contributed by atoms with Gasteiger partial charge in [0.15, 0.2) is 0 Å². The summed E-state index contributed by atoms with van der Waals surface area (Å²) in [6.07, 6.45) is 1.60. The normalized spacial score (nSPS) is 10.6. The van der Waals surface area contributed by atoms with E-state index in [1.54, 1.807) is 30.5 Å². The number of nitrogens with one attached hydrogen (secondary N) is 1. The molecule has 1 aromatic heterocycles. The van der Waals surface area contributed by atoms with Crippen molar-refractivity contribution in [1.82, 2.24) is 4.98 Å². The molecule has 1 amide bonds. The van der Waals surface area contributed by atoms with Crippen molar-refractivity contribution >= 4 is 39.7 Å². The minimum Gasteiger partial charge on any atom is -0.398 e. The number of fused-ring (bicyclic) bond motifs is 1. The van der Waals surface area contributed by atoms with Crippen LogP contribution in [0.1, 0.15) is 16.1 Å². The Hall–Kier alpha value is -2.59. The van der Waals surface area contributed by atoms with E-state index in [9.17, 15) is 4.79 Å². The maximum absolute atomic E-state index is 12.6. The standard InChI is InChI=1S/C17H14ClN3O/c1-10-9-12(18)5-6-14(10)21-17(22)16-15-11(7-8-20-16)3-2-4-13(15)19/h2-9H,19H2,1H3,(H,21,22). The minimum absolute atomic E-state index is 0.297. The van der Waals surface area contributed by atoms with Gasteiger partial charge < -0.3 is 11.1 Å². The highest BCUT2D eigenvalue weighted by atomic mass is 35.5. The summed E-state index contributed by atoms with van der Waals surface area (Å²) in [5, 5.41) is 5.03. The summed E-state index contributed by atoms with van der Waals surface area (Å²) < 4.78 is 0. The lowest BCUT2D eigenvalue weighted by Gasteiger charge is -2.11. The van der Waals surface area contributed by atoms with Gasteiger partial charge in [-0.15, -0.1) is 0 Å². The summed E-state index contributed by atoms with van der Waals surface area (Å²) in [5.41, 5.74) is 8.42. The fraction of sp³-hybridized carbons (Fsp3) is 0.0588. The Morgan fingerprint density at radius 3 is 2.82 bits per heavy atom. The Labute approximate surface area is 132 Å². The first-order valence-electron chi connectivity index (χ1n) is 6.77. The molecule has 0 bridgehead atoms. The molecule has 0 aliphatic carbocycles. The Morgan fingerprint density at radius 1 is 1.23 bits per heavy atom. The number of hydrogen-bond donors (Lipinski definition) is 2. The molecule has 0 spiro atoms. The van der Waals surface area contributed by atoms with Gasteiger partial charge in [-0.25, -0.2) is 0 Å². The second kappa shape index (κ2) is 5.66. The van der Waals surface area contributed by atoms with Crippen molar-refractivity contribution in [2.24, 2.45) is 0 Å². The van der Waals surface area contributed by atoms with Crippen LogP contribution >= 0.6 is 11.6 Å². The molecular weight excluding hydrogens is 298 g/mol. The zero-order valence-corrected chi connectivity index (χ0v) is 12.7. The Kier molecular flexibility index (Phi) is 3.69. The van der Waals surface area contributed by atoms with Gasteiger partial charge in [-0.3, -0.25) is 9.78 Å². The topological polar surface area (TPSA) is 68.0 Å². The quantitative estimate of drug-likeness (QED) is 0.702. The third-order valence-corrected chi connectivity index (χ3v) is 3.71. The van der Waals surface area contributed by atoms with Gasteiger partial charge >= 0.3 is 0 Å². The number of amides is 1. The Morgan fingerprint density at radius 2 is 2.05 bits per heavy atom. The van der Waals surface area contributed by atoms with Crippen molar-refractivity contribution in [3.63, 3.8) is 0 Å². The number of nitrogens with two attached hydrogens (primary N) is 1. The second-order valence-corrected chi connectivity index (χ2v) is 5.45. The summed E-state index contributed by atoms with van der Waals surface area (Å²) in [6, 6.07) is 12.6. The molecular formula is C17H14ClN3O. The van der Waals surface area contributed by atoms with E-state index >= 15 is 0 Å². The Bertz CT molecular complexity index is 872. The highest BCUT2D eigenvalue weighted by Gasteiger charge is 2.14. The summed E-state index contributed by atoms with van der Waals surface area (Å²) >= 11 is 5.93. The molecule has 0 unspecified atom stereocenters. The van der Waals surface area contributed by atoms with Gasteiger partial charge in [0.2, 0.25) is 0 Å². The SMILES string of the molecule is Cc1cc(Cl)ccc1NC(=O)c1nccc2cccc(N)c12. The van der Waals surface area contributed by atoms with Gasteiger partial charge in [0.05, 0.1) is 0 Å². The van der Waals surface area contributed by atoms with E-state index in [0.717, 1.165) is 10.9 Å². The zero-order valence-electron chi connectivity index (χ0n) is 11.9. The summed E-state index contributed by atoms with van der Waals surface area (Å²) in [7, 11) is 0. The summed E-state index contributed by atoms with van der Waals surface area (Å²) in [6.45, 7) is 1.88. The number of carbonyl (C=O) groups excluding carboxylic acids is 1. The monoisotopic (exact) mass is 311 g/mol. The van der Waals surface area contributed by atoms with Crippen molar-refractivity contribution in [3.05, 3.63) is 64.9 Å². The highest BCUT2D eigenvalue weighted by molar-refractivity contribution is 6.30. The number of anilines is 2. The Balaban J connectivity index is 2.02. The molecule has 3 aromatic rings. The lowest BCUT2D eigenvalue weighted by atomic mass is 10.1. The van der Waals surface area contributed by atoms with Crippen LogP contribution in [0.15, 0.2) is 48.7 Å². The molecule has 110 valence electrons. The lowest BCUT2D eigenvalue weighted by molar-refractivity contribution is 0.102. The van der Waals surface area contributed by atoms with Crippen LogP contribution in [0.4, 0.5) is 11.4 Å². The van der Waals surface area contributed by atoms with Crippen LogP contribution < -0.4 is 11.1 Å². The average molecular weight is 312 g/mol.